The topological polar surface area (TPSA) is 30.7 Å². The van der Waals surface area contributed by atoms with Crippen LogP contribution < -0.4 is 0 Å². The lowest BCUT2D eigenvalue weighted by Gasteiger charge is -2.08. The molecule has 0 bridgehead atoms. The molecule has 1 aromatic heterocycles. The summed E-state index contributed by atoms with van der Waals surface area (Å²) in [6.45, 7) is 3.82. The van der Waals surface area contributed by atoms with Crippen molar-refractivity contribution in [3.05, 3.63) is 40.7 Å². The molecule has 0 amide bonds. The van der Waals surface area contributed by atoms with Gasteiger partial charge >= 0.3 is 0 Å². The summed E-state index contributed by atoms with van der Waals surface area (Å²) < 4.78 is 15.2. The summed E-state index contributed by atoms with van der Waals surface area (Å²) in [4.78, 5) is 0. The molecule has 84 valence electrons. The highest BCUT2D eigenvalue weighted by Gasteiger charge is 2.14. The first-order valence-corrected chi connectivity index (χ1v) is 5.37. The summed E-state index contributed by atoms with van der Waals surface area (Å²) in [6.07, 6.45) is 0.646. The number of aromatic nitrogens is 3. The van der Waals surface area contributed by atoms with Crippen molar-refractivity contribution in [2.75, 3.05) is 0 Å². The number of halogens is 2. The molecule has 0 fully saturated rings. The molecule has 0 unspecified atom stereocenters. The molecule has 1 aromatic carbocycles. The Kier molecular flexibility index (Phi) is 2.92. The van der Waals surface area contributed by atoms with Crippen LogP contribution in [0.25, 0.3) is 5.69 Å². The molecule has 1 heterocycles. The Morgan fingerprint density at radius 2 is 2.12 bits per heavy atom. The molecule has 0 spiro atoms. The summed E-state index contributed by atoms with van der Waals surface area (Å²) in [7, 11) is 0. The van der Waals surface area contributed by atoms with E-state index in [1.54, 1.807) is 12.1 Å². The van der Waals surface area contributed by atoms with E-state index in [0.717, 1.165) is 5.56 Å². The van der Waals surface area contributed by atoms with Gasteiger partial charge in [-0.1, -0.05) is 13.0 Å². The van der Waals surface area contributed by atoms with E-state index in [-0.39, 0.29) is 11.1 Å². The molecule has 0 N–H and O–H groups in total. The number of aryl methyl sites for hydroxylation is 2. The fourth-order valence-electron chi connectivity index (χ4n) is 1.56. The van der Waals surface area contributed by atoms with Gasteiger partial charge in [0.15, 0.2) is 0 Å². The normalized spacial score (nSPS) is 10.8. The Morgan fingerprint density at radius 1 is 1.38 bits per heavy atom. The van der Waals surface area contributed by atoms with E-state index in [9.17, 15) is 4.39 Å². The zero-order chi connectivity index (χ0) is 11.7. The molecule has 0 aliphatic carbocycles. The van der Waals surface area contributed by atoms with Gasteiger partial charge in [0.05, 0.1) is 5.69 Å². The average Bonchev–Trinajstić information content (AvgIpc) is 2.63. The lowest BCUT2D eigenvalue weighted by Crippen LogP contribution is -2.03. The van der Waals surface area contributed by atoms with Gasteiger partial charge in [0.1, 0.15) is 11.6 Å². The lowest BCUT2D eigenvalue weighted by molar-refractivity contribution is 0.615. The van der Waals surface area contributed by atoms with Crippen LogP contribution in [0.5, 0.6) is 0 Å². The van der Waals surface area contributed by atoms with Crippen molar-refractivity contribution in [2.24, 2.45) is 0 Å². The predicted molar refractivity (Wildman–Crippen MR) is 60.4 cm³/mol. The van der Waals surface area contributed by atoms with Crippen LogP contribution in [0.4, 0.5) is 4.39 Å². The molecule has 0 atom stereocenters. The zero-order valence-electron chi connectivity index (χ0n) is 9.04. The standard InChI is InChI=1S/C11H11ClFN3/c1-3-10-14-15-11(12)16(10)9-6-7(2)4-5-8(9)13/h4-6H,3H2,1-2H3. The van der Waals surface area contributed by atoms with Gasteiger partial charge in [0.2, 0.25) is 5.28 Å². The van der Waals surface area contributed by atoms with Crippen molar-refractivity contribution in [3.8, 4) is 5.69 Å². The van der Waals surface area contributed by atoms with Crippen molar-refractivity contribution in [3.63, 3.8) is 0 Å². The Bertz CT molecular complexity index is 522. The zero-order valence-corrected chi connectivity index (χ0v) is 9.79. The average molecular weight is 240 g/mol. The highest BCUT2D eigenvalue weighted by molar-refractivity contribution is 6.28. The molecule has 0 saturated heterocycles. The van der Waals surface area contributed by atoms with E-state index in [1.165, 1.54) is 10.6 Å². The van der Waals surface area contributed by atoms with Crippen molar-refractivity contribution < 1.29 is 4.39 Å². The largest absolute Gasteiger partial charge is 0.267 e. The maximum absolute atomic E-state index is 13.7. The third kappa shape index (κ3) is 1.80. The van der Waals surface area contributed by atoms with Crippen molar-refractivity contribution >= 4 is 11.6 Å². The van der Waals surface area contributed by atoms with Crippen LogP contribution >= 0.6 is 11.6 Å². The Morgan fingerprint density at radius 3 is 2.81 bits per heavy atom. The van der Waals surface area contributed by atoms with Crippen LogP contribution in [0.2, 0.25) is 5.28 Å². The van der Waals surface area contributed by atoms with E-state index in [0.29, 0.717) is 17.9 Å². The van der Waals surface area contributed by atoms with Crippen molar-refractivity contribution in [1.29, 1.82) is 0 Å². The molecule has 2 aromatic rings. The van der Waals surface area contributed by atoms with E-state index >= 15 is 0 Å². The fourth-order valence-corrected chi connectivity index (χ4v) is 1.78. The van der Waals surface area contributed by atoms with Gasteiger partial charge in [0, 0.05) is 6.42 Å². The highest BCUT2D eigenvalue weighted by Crippen LogP contribution is 2.21. The highest BCUT2D eigenvalue weighted by atomic mass is 35.5. The first-order valence-electron chi connectivity index (χ1n) is 4.99. The molecule has 0 aliphatic heterocycles. The Labute approximate surface area is 97.9 Å². The number of hydrogen-bond acceptors (Lipinski definition) is 2. The fraction of sp³-hybridized carbons (Fsp3) is 0.273. The van der Waals surface area contributed by atoms with Gasteiger partial charge in [-0.15, -0.1) is 10.2 Å². The number of hydrogen-bond donors (Lipinski definition) is 0. The lowest BCUT2D eigenvalue weighted by atomic mass is 10.2. The number of rotatable bonds is 2. The first-order chi connectivity index (χ1) is 7.63. The molecule has 5 heteroatoms. The summed E-state index contributed by atoms with van der Waals surface area (Å²) in [5.74, 6) is 0.316. The van der Waals surface area contributed by atoms with Gasteiger partial charge in [0.25, 0.3) is 0 Å². The van der Waals surface area contributed by atoms with Crippen LogP contribution in [0, 0.1) is 12.7 Å². The molecule has 0 aliphatic rings. The molecule has 16 heavy (non-hydrogen) atoms. The third-order valence-electron chi connectivity index (χ3n) is 2.35. The molecule has 0 radical (unpaired) electrons. The SMILES string of the molecule is CCc1nnc(Cl)n1-c1cc(C)ccc1F. The van der Waals surface area contributed by atoms with Gasteiger partial charge in [-0.2, -0.15) is 0 Å². The summed E-state index contributed by atoms with van der Waals surface area (Å²) in [5, 5.41) is 7.82. The summed E-state index contributed by atoms with van der Waals surface area (Å²) >= 11 is 5.91. The van der Waals surface area contributed by atoms with Gasteiger partial charge < -0.3 is 0 Å². The van der Waals surface area contributed by atoms with Gasteiger partial charge in [-0.05, 0) is 36.2 Å². The smallest absolute Gasteiger partial charge is 0.229 e. The molecular weight excluding hydrogens is 229 g/mol. The minimum atomic E-state index is -0.331. The molecule has 3 nitrogen and oxygen atoms in total. The van der Waals surface area contributed by atoms with E-state index in [2.05, 4.69) is 10.2 Å². The van der Waals surface area contributed by atoms with E-state index in [1.807, 2.05) is 13.8 Å². The second-order valence-corrected chi connectivity index (χ2v) is 3.87. The van der Waals surface area contributed by atoms with Crippen molar-refractivity contribution in [2.45, 2.75) is 20.3 Å². The second kappa shape index (κ2) is 4.22. The van der Waals surface area contributed by atoms with Gasteiger partial charge in [-0.25, -0.2) is 4.39 Å². The number of nitrogens with zero attached hydrogens (tertiary/aromatic N) is 3. The second-order valence-electron chi connectivity index (χ2n) is 3.53. The maximum atomic E-state index is 13.7. The van der Waals surface area contributed by atoms with E-state index < -0.39 is 0 Å². The minimum Gasteiger partial charge on any atom is -0.267 e. The van der Waals surface area contributed by atoms with E-state index in [4.69, 9.17) is 11.6 Å². The number of benzene rings is 1. The van der Waals surface area contributed by atoms with Crippen LogP contribution in [0.1, 0.15) is 18.3 Å². The van der Waals surface area contributed by atoms with Gasteiger partial charge in [-0.3, -0.25) is 4.57 Å². The summed E-state index contributed by atoms with van der Waals surface area (Å²) in [6, 6.07) is 4.85. The first kappa shape index (κ1) is 11.1. The maximum Gasteiger partial charge on any atom is 0.229 e. The van der Waals surface area contributed by atoms with Crippen LogP contribution in [-0.2, 0) is 6.42 Å². The monoisotopic (exact) mass is 239 g/mol. The quantitative estimate of drug-likeness (QED) is 0.807. The van der Waals surface area contributed by atoms with Crippen LogP contribution in [0.3, 0.4) is 0 Å². The Balaban J connectivity index is 2.66. The molecular formula is C11H11ClFN3. The predicted octanol–water partition coefficient (Wildman–Crippen LogP) is 2.93. The van der Waals surface area contributed by atoms with Crippen LogP contribution in [-0.4, -0.2) is 14.8 Å². The molecule has 2 rings (SSSR count). The van der Waals surface area contributed by atoms with Crippen LogP contribution in [0.15, 0.2) is 18.2 Å². The molecule has 0 saturated carbocycles. The third-order valence-corrected chi connectivity index (χ3v) is 2.59. The van der Waals surface area contributed by atoms with Crippen molar-refractivity contribution in [1.82, 2.24) is 14.8 Å². The minimum absolute atomic E-state index is 0.182. The summed E-state index contributed by atoms with van der Waals surface area (Å²) in [5.41, 5.74) is 1.36. The Hall–Kier alpha value is -1.42.